The number of amides is 2. The summed E-state index contributed by atoms with van der Waals surface area (Å²) in [5.74, 6) is 1.27. The van der Waals surface area contributed by atoms with Gasteiger partial charge in [-0.3, -0.25) is 9.59 Å². The van der Waals surface area contributed by atoms with Gasteiger partial charge in [0.05, 0.1) is 21.3 Å². The van der Waals surface area contributed by atoms with Gasteiger partial charge in [0.1, 0.15) is 11.4 Å². The van der Waals surface area contributed by atoms with E-state index in [4.69, 9.17) is 14.2 Å². The van der Waals surface area contributed by atoms with Gasteiger partial charge in [0.15, 0.2) is 11.5 Å². The lowest BCUT2D eigenvalue weighted by Crippen LogP contribution is -2.52. The number of nitrogens with zero attached hydrogens (tertiary/aromatic N) is 1. The van der Waals surface area contributed by atoms with E-state index >= 15 is 0 Å². The first-order valence-electron chi connectivity index (χ1n) is 9.80. The molecule has 9 heteroatoms. The van der Waals surface area contributed by atoms with Crippen molar-refractivity contribution in [2.45, 2.75) is 37.7 Å². The molecule has 2 unspecified atom stereocenters. The van der Waals surface area contributed by atoms with E-state index in [0.717, 1.165) is 4.88 Å². The van der Waals surface area contributed by atoms with Gasteiger partial charge < -0.3 is 24.4 Å². The van der Waals surface area contributed by atoms with Crippen molar-refractivity contribution in [2.24, 2.45) is 0 Å². The molecule has 2 atom stereocenters. The van der Waals surface area contributed by atoms with Crippen LogP contribution in [-0.2, 0) is 4.79 Å². The van der Waals surface area contributed by atoms with Crippen LogP contribution in [0.4, 0.5) is 0 Å². The topological polar surface area (TPSA) is 77.1 Å². The van der Waals surface area contributed by atoms with Crippen LogP contribution in [0.25, 0.3) is 0 Å². The van der Waals surface area contributed by atoms with E-state index in [1.54, 1.807) is 40.1 Å². The molecule has 0 bridgehead atoms. The zero-order chi connectivity index (χ0) is 22.8. The maximum absolute atomic E-state index is 13.8. The van der Waals surface area contributed by atoms with Crippen molar-refractivity contribution >= 4 is 34.9 Å². The molecule has 1 aromatic carbocycles. The number of nitrogens with one attached hydrogen (secondary N) is 1. The maximum atomic E-state index is 13.8. The van der Waals surface area contributed by atoms with Crippen molar-refractivity contribution in [1.29, 1.82) is 0 Å². The highest BCUT2D eigenvalue weighted by atomic mass is 32.2. The van der Waals surface area contributed by atoms with E-state index in [-0.39, 0.29) is 17.2 Å². The Kier molecular flexibility index (Phi) is 7.06. The molecule has 1 saturated heterocycles. The first-order chi connectivity index (χ1) is 14.7. The summed E-state index contributed by atoms with van der Waals surface area (Å²) in [5, 5.41) is 4.74. The van der Waals surface area contributed by atoms with Crippen LogP contribution in [0.5, 0.6) is 17.2 Å². The Balaban J connectivity index is 2.03. The SMILES string of the molecule is COc1cc(C(=O)N2C(C(=O)NC(C)(C)C)CSC2c2cccs2)cc(OC)c1OC. The van der Waals surface area contributed by atoms with Crippen LogP contribution in [0, 0.1) is 0 Å². The predicted octanol–water partition coefficient (Wildman–Crippen LogP) is 3.95. The van der Waals surface area contributed by atoms with Gasteiger partial charge in [-0.25, -0.2) is 0 Å². The molecule has 0 saturated carbocycles. The second-order valence-electron chi connectivity index (χ2n) is 8.08. The minimum atomic E-state index is -0.595. The molecule has 2 aromatic rings. The Hall–Kier alpha value is -2.39. The zero-order valence-corrected chi connectivity index (χ0v) is 20.2. The minimum absolute atomic E-state index is 0.167. The highest BCUT2D eigenvalue weighted by molar-refractivity contribution is 7.99. The zero-order valence-electron chi connectivity index (χ0n) is 18.6. The first kappa shape index (κ1) is 23.3. The highest BCUT2D eigenvalue weighted by Crippen LogP contribution is 2.45. The second kappa shape index (κ2) is 9.40. The van der Waals surface area contributed by atoms with E-state index in [2.05, 4.69) is 5.32 Å². The number of hydrogen-bond donors (Lipinski definition) is 1. The fourth-order valence-corrected chi connectivity index (χ4v) is 5.81. The molecule has 2 amide bonds. The fourth-order valence-electron chi connectivity index (χ4n) is 3.41. The second-order valence-corrected chi connectivity index (χ2v) is 10.2. The molecule has 1 N–H and O–H groups in total. The number of carbonyl (C=O) groups is 2. The Morgan fingerprint density at radius 2 is 1.74 bits per heavy atom. The molecular formula is C22H28N2O5S2. The summed E-state index contributed by atoms with van der Waals surface area (Å²) in [6, 6.07) is 6.59. The number of benzene rings is 1. The highest BCUT2D eigenvalue weighted by Gasteiger charge is 2.44. The molecule has 7 nitrogen and oxygen atoms in total. The largest absolute Gasteiger partial charge is 0.493 e. The van der Waals surface area contributed by atoms with E-state index in [0.29, 0.717) is 28.6 Å². The summed E-state index contributed by atoms with van der Waals surface area (Å²) in [4.78, 5) is 29.5. The lowest BCUT2D eigenvalue weighted by Gasteiger charge is -2.31. The van der Waals surface area contributed by atoms with Crippen molar-refractivity contribution in [3.05, 3.63) is 40.1 Å². The van der Waals surface area contributed by atoms with Gasteiger partial charge in [-0.2, -0.15) is 0 Å². The number of carbonyl (C=O) groups excluding carboxylic acids is 2. The molecule has 0 spiro atoms. The van der Waals surface area contributed by atoms with Crippen LogP contribution in [0.15, 0.2) is 29.6 Å². The van der Waals surface area contributed by atoms with Gasteiger partial charge in [0.25, 0.3) is 5.91 Å². The molecule has 1 aliphatic heterocycles. The molecule has 0 radical (unpaired) electrons. The van der Waals surface area contributed by atoms with E-state index in [9.17, 15) is 9.59 Å². The number of rotatable bonds is 6. The van der Waals surface area contributed by atoms with Crippen molar-refractivity contribution in [1.82, 2.24) is 10.2 Å². The van der Waals surface area contributed by atoms with Gasteiger partial charge >= 0.3 is 0 Å². The fraction of sp³-hybridized carbons (Fsp3) is 0.455. The van der Waals surface area contributed by atoms with Gasteiger partial charge in [-0.05, 0) is 44.4 Å². The molecule has 1 fully saturated rings. The van der Waals surface area contributed by atoms with Gasteiger partial charge in [-0.1, -0.05) is 6.07 Å². The maximum Gasteiger partial charge on any atom is 0.256 e. The standard InChI is InChI=1S/C22H28N2O5S2/c1-22(2,3)23-19(25)14-12-31-21(17-8-7-9-30-17)24(14)20(26)13-10-15(27-4)18(29-6)16(11-13)28-5/h7-11,14,21H,12H2,1-6H3,(H,23,25). The molecule has 2 heterocycles. The van der Waals surface area contributed by atoms with Crippen molar-refractivity contribution < 1.29 is 23.8 Å². The summed E-state index contributed by atoms with van der Waals surface area (Å²) in [5.41, 5.74) is -0.0311. The lowest BCUT2D eigenvalue weighted by molar-refractivity contribution is -0.126. The van der Waals surface area contributed by atoms with Crippen molar-refractivity contribution in [3.63, 3.8) is 0 Å². The molecule has 168 valence electrons. The van der Waals surface area contributed by atoms with Gasteiger partial charge in [0.2, 0.25) is 11.7 Å². The van der Waals surface area contributed by atoms with Gasteiger partial charge in [-0.15, -0.1) is 23.1 Å². The van der Waals surface area contributed by atoms with E-state index in [1.807, 2.05) is 38.3 Å². The average Bonchev–Trinajstić information content (AvgIpc) is 3.40. The molecular weight excluding hydrogens is 436 g/mol. The number of thioether (sulfide) groups is 1. The minimum Gasteiger partial charge on any atom is -0.493 e. The quantitative estimate of drug-likeness (QED) is 0.698. The summed E-state index contributed by atoms with van der Waals surface area (Å²) in [6.45, 7) is 5.78. The molecule has 1 aromatic heterocycles. The molecule has 1 aliphatic rings. The van der Waals surface area contributed by atoms with E-state index in [1.165, 1.54) is 21.3 Å². The smallest absolute Gasteiger partial charge is 0.256 e. The molecule has 31 heavy (non-hydrogen) atoms. The summed E-state index contributed by atoms with van der Waals surface area (Å²) < 4.78 is 16.2. The van der Waals surface area contributed by atoms with Gasteiger partial charge in [0, 0.05) is 21.7 Å². The number of hydrogen-bond acceptors (Lipinski definition) is 7. The third kappa shape index (κ3) is 4.93. The van der Waals surface area contributed by atoms with Crippen LogP contribution in [-0.4, -0.2) is 55.4 Å². The number of thiophene rings is 1. The number of methoxy groups -OCH3 is 3. The Morgan fingerprint density at radius 3 is 2.23 bits per heavy atom. The number of ether oxygens (including phenoxy) is 3. The van der Waals surface area contributed by atoms with Crippen LogP contribution in [0.2, 0.25) is 0 Å². The summed E-state index contributed by atoms with van der Waals surface area (Å²) in [6.07, 6.45) is 0. The van der Waals surface area contributed by atoms with Crippen LogP contribution in [0.1, 0.15) is 41.4 Å². The third-order valence-electron chi connectivity index (χ3n) is 4.73. The first-order valence-corrected chi connectivity index (χ1v) is 11.7. The third-order valence-corrected chi connectivity index (χ3v) is 7.11. The predicted molar refractivity (Wildman–Crippen MR) is 123 cm³/mol. The molecule has 3 rings (SSSR count). The normalized spacial score (nSPS) is 18.6. The monoisotopic (exact) mass is 464 g/mol. The lowest BCUT2D eigenvalue weighted by atomic mass is 10.1. The van der Waals surface area contributed by atoms with Crippen molar-refractivity contribution in [2.75, 3.05) is 27.1 Å². The summed E-state index contributed by atoms with van der Waals surface area (Å²) >= 11 is 3.16. The Morgan fingerprint density at radius 1 is 1.10 bits per heavy atom. The van der Waals surface area contributed by atoms with Crippen LogP contribution < -0.4 is 19.5 Å². The summed E-state index contributed by atoms with van der Waals surface area (Å²) in [7, 11) is 4.52. The Bertz CT molecular complexity index is 915. The molecule has 0 aliphatic carbocycles. The Labute approximate surface area is 191 Å². The van der Waals surface area contributed by atoms with E-state index < -0.39 is 11.6 Å². The van der Waals surface area contributed by atoms with Crippen LogP contribution >= 0.6 is 23.1 Å². The van der Waals surface area contributed by atoms with Crippen LogP contribution in [0.3, 0.4) is 0 Å². The average molecular weight is 465 g/mol. The van der Waals surface area contributed by atoms with Crippen molar-refractivity contribution in [3.8, 4) is 17.2 Å².